The van der Waals surface area contributed by atoms with Gasteiger partial charge in [0.1, 0.15) is 5.82 Å². The Kier molecular flexibility index (Phi) is 5.44. The molecule has 1 saturated heterocycles. The molecule has 1 atom stereocenters. The second-order valence-corrected chi connectivity index (χ2v) is 8.09. The van der Waals surface area contributed by atoms with E-state index >= 15 is 0 Å². The van der Waals surface area contributed by atoms with Crippen molar-refractivity contribution >= 4 is 34.4 Å². The largest absolute Gasteiger partial charge is 0.383 e. The minimum atomic E-state index is 0.176. The molecule has 1 aliphatic rings. The van der Waals surface area contributed by atoms with Gasteiger partial charge in [0, 0.05) is 23.7 Å². The van der Waals surface area contributed by atoms with Crippen LogP contribution in [0.15, 0.2) is 54.6 Å². The summed E-state index contributed by atoms with van der Waals surface area (Å²) in [6, 6.07) is 17.7. The Bertz CT molecular complexity index is 1200. The topological polar surface area (TPSA) is 90.9 Å². The van der Waals surface area contributed by atoms with Crippen molar-refractivity contribution in [2.75, 3.05) is 24.2 Å². The van der Waals surface area contributed by atoms with Crippen LogP contribution in [0.1, 0.15) is 18.4 Å². The molecule has 0 spiro atoms. The molecule has 2 aromatic carbocycles. The van der Waals surface area contributed by atoms with Crippen molar-refractivity contribution in [3.8, 4) is 11.3 Å². The van der Waals surface area contributed by atoms with Gasteiger partial charge in [-0.2, -0.15) is 4.98 Å². The Morgan fingerprint density at radius 1 is 1.13 bits per heavy atom. The van der Waals surface area contributed by atoms with Gasteiger partial charge in [0.15, 0.2) is 5.65 Å². The van der Waals surface area contributed by atoms with Crippen LogP contribution >= 0.6 is 11.6 Å². The maximum absolute atomic E-state index is 6.53. The van der Waals surface area contributed by atoms with Crippen LogP contribution in [0.2, 0.25) is 5.02 Å². The van der Waals surface area contributed by atoms with E-state index in [4.69, 9.17) is 32.2 Å². The highest BCUT2D eigenvalue weighted by molar-refractivity contribution is 6.30. The average molecular weight is 435 g/mol. The van der Waals surface area contributed by atoms with Crippen molar-refractivity contribution < 1.29 is 4.74 Å². The number of hydrogen-bond donors (Lipinski definition) is 2. The lowest BCUT2D eigenvalue weighted by Crippen LogP contribution is -2.19. The summed E-state index contributed by atoms with van der Waals surface area (Å²) in [7, 11) is 0. The second kappa shape index (κ2) is 8.53. The van der Waals surface area contributed by atoms with Crippen molar-refractivity contribution in [1.82, 2.24) is 19.7 Å². The van der Waals surface area contributed by atoms with Crippen molar-refractivity contribution in [1.29, 1.82) is 0 Å². The van der Waals surface area contributed by atoms with Crippen LogP contribution in [-0.4, -0.2) is 39.0 Å². The highest BCUT2D eigenvalue weighted by Crippen LogP contribution is 2.33. The molecule has 3 N–H and O–H groups in total. The van der Waals surface area contributed by atoms with E-state index in [0.717, 1.165) is 36.0 Å². The Morgan fingerprint density at radius 2 is 2.00 bits per heavy atom. The van der Waals surface area contributed by atoms with Gasteiger partial charge in [-0.1, -0.05) is 54.1 Å². The molecular weight excluding hydrogens is 412 g/mol. The predicted octanol–water partition coefficient (Wildman–Crippen LogP) is 4.37. The lowest BCUT2D eigenvalue weighted by atomic mass is 10.1. The quantitative estimate of drug-likeness (QED) is 0.468. The van der Waals surface area contributed by atoms with E-state index in [1.807, 2.05) is 54.6 Å². The second-order valence-electron chi connectivity index (χ2n) is 7.65. The van der Waals surface area contributed by atoms with E-state index in [1.54, 1.807) is 4.68 Å². The van der Waals surface area contributed by atoms with Gasteiger partial charge in [-0.25, -0.2) is 9.67 Å². The van der Waals surface area contributed by atoms with E-state index in [1.165, 1.54) is 0 Å². The van der Waals surface area contributed by atoms with Crippen LogP contribution in [0.4, 0.5) is 11.8 Å². The number of nitrogens with two attached hydrogens (primary N) is 1. The average Bonchev–Trinajstić information content (AvgIpc) is 3.41. The maximum Gasteiger partial charge on any atom is 0.225 e. The van der Waals surface area contributed by atoms with Crippen LogP contribution in [-0.2, 0) is 11.3 Å². The number of aromatic nitrogens is 4. The molecule has 1 fully saturated rings. The normalized spacial score (nSPS) is 16.1. The van der Waals surface area contributed by atoms with Crippen molar-refractivity contribution in [2.45, 2.75) is 25.5 Å². The minimum Gasteiger partial charge on any atom is -0.383 e. The zero-order valence-corrected chi connectivity index (χ0v) is 17.7. The lowest BCUT2D eigenvalue weighted by molar-refractivity contribution is 0.120. The molecule has 4 aromatic rings. The number of nitrogens with one attached hydrogen (secondary N) is 1. The number of nitrogens with zero attached hydrogens (tertiary/aromatic N) is 4. The summed E-state index contributed by atoms with van der Waals surface area (Å²) in [6.45, 7) is 2.01. The molecule has 158 valence electrons. The third-order valence-corrected chi connectivity index (χ3v) is 5.66. The summed E-state index contributed by atoms with van der Waals surface area (Å²) in [4.78, 5) is 9.43. The van der Waals surface area contributed by atoms with Crippen molar-refractivity contribution in [3.05, 3.63) is 65.2 Å². The molecule has 2 aromatic heterocycles. The highest BCUT2D eigenvalue weighted by atomic mass is 35.5. The van der Waals surface area contributed by atoms with Crippen molar-refractivity contribution in [3.63, 3.8) is 0 Å². The fraction of sp³-hybridized carbons (Fsp3) is 0.261. The Labute approximate surface area is 185 Å². The zero-order valence-electron chi connectivity index (χ0n) is 17.0. The number of benzene rings is 2. The first-order chi connectivity index (χ1) is 15.2. The molecule has 1 unspecified atom stereocenters. The predicted molar refractivity (Wildman–Crippen MR) is 123 cm³/mol. The third-order valence-electron chi connectivity index (χ3n) is 5.42. The first kappa shape index (κ1) is 19.8. The summed E-state index contributed by atoms with van der Waals surface area (Å²) in [5, 5.41) is 9.36. The molecule has 0 bridgehead atoms. The van der Waals surface area contributed by atoms with Gasteiger partial charge in [-0.15, -0.1) is 5.10 Å². The summed E-state index contributed by atoms with van der Waals surface area (Å²) in [5.74, 6) is 1.03. The molecule has 8 heteroatoms. The van der Waals surface area contributed by atoms with Gasteiger partial charge in [0.2, 0.25) is 5.95 Å². The molecule has 3 heterocycles. The lowest BCUT2D eigenvalue weighted by Gasteiger charge is -2.12. The summed E-state index contributed by atoms with van der Waals surface area (Å²) >= 11 is 6.26. The standard InChI is InChI=1S/C23H23ClN6O/c24-17-9-4-8-16(12-17)20-19-21(25)30(14-15-6-2-1-3-7-15)29-22(19)28-23(27-20)26-13-18-10-5-11-31-18/h1-4,6-9,12,18H,5,10-11,13-14,25H2,(H,26,28,29). The third kappa shape index (κ3) is 4.19. The molecular formula is C23H23ClN6O. The number of ether oxygens (including phenoxy) is 1. The number of halogens is 1. The fourth-order valence-corrected chi connectivity index (χ4v) is 4.06. The molecule has 0 radical (unpaired) electrons. The van der Waals surface area contributed by atoms with Crippen LogP contribution < -0.4 is 11.1 Å². The van der Waals surface area contributed by atoms with Crippen molar-refractivity contribution in [2.24, 2.45) is 0 Å². The molecule has 0 saturated carbocycles. The number of hydrogen-bond acceptors (Lipinski definition) is 6. The van der Waals surface area contributed by atoms with E-state index in [9.17, 15) is 0 Å². The first-order valence-corrected chi connectivity index (χ1v) is 10.7. The number of rotatable bonds is 6. The SMILES string of the molecule is Nc1c2c(-c3cccc(Cl)c3)nc(NCC3CCCO3)nc2nn1Cc1ccccc1. The van der Waals surface area contributed by atoms with E-state index in [-0.39, 0.29) is 6.10 Å². The summed E-state index contributed by atoms with van der Waals surface area (Å²) in [6.07, 6.45) is 2.30. The number of fused-ring (bicyclic) bond motifs is 1. The van der Waals surface area contributed by atoms with Crippen LogP contribution in [0.25, 0.3) is 22.3 Å². The fourth-order valence-electron chi connectivity index (χ4n) is 3.87. The molecule has 31 heavy (non-hydrogen) atoms. The van der Waals surface area contributed by atoms with Crippen LogP contribution in [0, 0.1) is 0 Å². The summed E-state index contributed by atoms with van der Waals surface area (Å²) < 4.78 is 7.48. The Balaban J connectivity index is 1.58. The minimum absolute atomic E-state index is 0.176. The number of anilines is 2. The number of nitrogen functional groups attached to an aromatic ring is 1. The van der Waals surface area contributed by atoms with Crippen LogP contribution in [0.3, 0.4) is 0 Å². The van der Waals surface area contributed by atoms with E-state index in [2.05, 4.69) is 10.3 Å². The Hall–Kier alpha value is -3.16. The monoisotopic (exact) mass is 434 g/mol. The molecule has 5 rings (SSSR count). The van der Waals surface area contributed by atoms with Gasteiger partial charge in [0.25, 0.3) is 0 Å². The van der Waals surface area contributed by atoms with Gasteiger partial charge < -0.3 is 15.8 Å². The zero-order chi connectivity index (χ0) is 21.2. The highest BCUT2D eigenvalue weighted by Gasteiger charge is 2.20. The molecule has 0 aliphatic carbocycles. The van der Waals surface area contributed by atoms with E-state index in [0.29, 0.717) is 41.2 Å². The smallest absolute Gasteiger partial charge is 0.225 e. The first-order valence-electron chi connectivity index (χ1n) is 10.4. The van der Waals surface area contributed by atoms with Gasteiger partial charge >= 0.3 is 0 Å². The van der Waals surface area contributed by atoms with Gasteiger partial charge in [0.05, 0.1) is 23.7 Å². The molecule has 1 aliphatic heterocycles. The molecule has 7 nitrogen and oxygen atoms in total. The maximum atomic E-state index is 6.53. The van der Waals surface area contributed by atoms with E-state index < -0.39 is 0 Å². The summed E-state index contributed by atoms with van der Waals surface area (Å²) in [5.41, 5.74) is 9.76. The molecule has 0 amide bonds. The Morgan fingerprint density at radius 3 is 2.77 bits per heavy atom. The van der Waals surface area contributed by atoms with Crippen LogP contribution in [0.5, 0.6) is 0 Å². The van der Waals surface area contributed by atoms with Gasteiger partial charge in [-0.05, 0) is 30.5 Å². The van der Waals surface area contributed by atoms with Gasteiger partial charge in [-0.3, -0.25) is 0 Å².